The smallest absolute Gasteiger partial charge is 0.255 e. The lowest BCUT2D eigenvalue weighted by molar-refractivity contribution is 0.0693. The molecule has 8 heteroatoms. The average molecular weight is 399 g/mol. The van der Waals surface area contributed by atoms with E-state index in [1.807, 2.05) is 13.8 Å². The van der Waals surface area contributed by atoms with Crippen molar-refractivity contribution in [1.29, 1.82) is 0 Å². The van der Waals surface area contributed by atoms with E-state index in [1.54, 1.807) is 36.7 Å². The van der Waals surface area contributed by atoms with Crippen molar-refractivity contribution >= 4 is 17.1 Å². The van der Waals surface area contributed by atoms with Gasteiger partial charge in [-0.05, 0) is 46.2 Å². The van der Waals surface area contributed by atoms with Crippen LogP contribution in [0, 0.1) is 5.82 Å². The predicted molar refractivity (Wildman–Crippen MR) is 110 cm³/mol. The van der Waals surface area contributed by atoms with Crippen LogP contribution in [-0.4, -0.2) is 43.8 Å². The molecular weight excluding hydrogens is 373 g/mol. The minimum absolute atomic E-state index is 0.0696. The Labute approximate surface area is 169 Å². The Morgan fingerprint density at radius 3 is 2.76 bits per heavy atom. The first kappa shape index (κ1) is 20.7. The molecule has 0 unspecified atom stereocenters. The molecule has 0 saturated carbocycles. The maximum atomic E-state index is 14.2. The highest BCUT2D eigenvalue weighted by Crippen LogP contribution is 2.30. The number of fused-ring (bicyclic) bond motifs is 1. The summed E-state index contributed by atoms with van der Waals surface area (Å²) in [5.41, 5.74) is 1.87. The molecule has 0 saturated heterocycles. The summed E-state index contributed by atoms with van der Waals surface area (Å²) in [7, 11) is 0. The van der Waals surface area contributed by atoms with Gasteiger partial charge in [0.25, 0.3) is 5.91 Å². The number of nitrogens with zero attached hydrogens (tertiary/aromatic N) is 3. The number of aromatic nitrogens is 3. The third-order valence-electron chi connectivity index (χ3n) is 4.42. The summed E-state index contributed by atoms with van der Waals surface area (Å²) in [6.45, 7) is 7.67. The fraction of sp³-hybridized carbons (Fsp3) is 0.381. The number of nitrogens with one attached hydrogen (secondary N) is 2. The SMILES string of the molecule is CC(C)Nc1c(C(=O)NCCC(C)(C)O)cnn2cc(-c3ccncc3F)cc12. The summed E-state index contributed by atoms with van der Waals surface area (Å²) < 4.78 is 15.8. The first-order chi connectivity index (χ1) is 13.7. The number of aliphatic hydroxyl groups is 1. The number of anilines is 1. The van der Waals surface area contributed by atoms with Crippen LogP contribution in [0.2, 0.25) is 0 Å². The van der Waals surface area contributed by atoms with Crippen LogP contribution in [0.4, 0.5) is 10.1 Å². The second kappa shape index (κ2) is 8.16. The molecule has 154 valence electrons. The van der Waals surface area contributed by atoms with Gasteiger partial charge >= 0.3 is 0 Å². The number of halogens is 1. The Kier molecular flexibility index (Phi) is 5.83. The van der Waals surface area contributed by atoms with Gasteiger partial charge in [0.05, 0.1) is 34.8 Å². The molecule has 0 aromatic carbocycles. The second-order valence-electron chi connectivity index (χ2n) is 7.96. The number of carbonyl (C=O) groups excluding carboxylic acids is 1. The van der Waals surface area contributed by atoms with E-state index in [2.05, 4.69) is 20.7 Å². The van der Waals surface area contributed by atoms with Crippen LogP contribution in [0.5, 0.6) is 0 Å². The van der Waals surface area contributed by atoms with Crippen LogP contribution in [0.3, 0.4) is 0 Å². The molecule has 7 nitrogen and oxygen atoms in total. The van der Waals surface area contributed by atoms with Gasteiger partial charge in [0.2, 0.25) is 0 Å². The normalized spacial score (nSPS) is 11.8. The Morgan fingerprint density at radius 2 is 2.10 bits per heavy atom. The average Bonchev–Trinajstić information content (AvgIpc) is 3.05. The van der Waals surface area contributed by atoms with E-state index in [9.17, 15) is 14.3 Å². The van der Waals surface area contributed by atoms with Gasteiger partial charge in [-0.3, -0.25) is 9.78 Å². The lowest BCUT2D eigenvalue weighted by Crippen LogP contribution is -2.31. The third-order valence-corrected chi connectivity index (χ3v) is 4.42. The van der Waals surface area contributed by atoms with Crippen molar-refractivity contribution in [3.8, 4) is 11.1 Å². The summed E-state index contributed by atoms with van der Waals surface area (Å²) in [6.07, 6.45) is 6.33. The first-order valence-electron chi connectivity index (χ1n) is 9.54. The Balaban J connectivity index is 2.00. The molecule has 0 spiro atoms. The number of amides is 1. The van der Waals surface area contributed by atoms with Crippen molar-refractivity contribution in [2.24, 2.45) is 0 Å². The molecule has 0 aliphatic carbocycles. The highest BCUT2D eigenvalue weighted by atomic mass is 19.1. The van der Waals surface area contributed by atoms with Crippen molar-refractivity contribution < 1.29 is 14.3 Å². The molecular formula is C21H26FN5O2. The van der Waals surface area contributed by atoms with Crippen LogP contribution in [0.25, 0.3) is 16.6 Å². The number of carbonyl (C=O) groups is 1. The first-order valence-corrected chi connectivity index (χ1v) is 9.54. The van der Waals surface area contributed by atoms with E-state index >= 15 is 0 Å². The van der Waals surface area contributed by atoms with Gasteiger partial charge in [-0.15, -0.1) is 0 Å². The molecule has 3 N–H and O–H groups in total. The highest BCUT2D eigenvalue weighted by molar-refractivity contribution is 6.03. The summed E-state index contributed by atoms with van der Waals surface area (Å²) >= 11 is 0. The molecule has 0 atom stereocenters. The summed E-state index contributed by atoms with van der Waals surface area (Å²) in [6, 6.07) is 3.47. The van der Waals surface area contributed by atoms with Crippen molar-refractivity contribution in [2.45, 2.75) is 45.8 Å². The third kappa shape index (κ3) is 4.89. The quantitative estimate of drug-likeness (QED) is 0.567. The van der Waals surface area contributed by atoms with Gasteiger partial charge in [0.15, 0.2) is 0 Å². The number of rotatable bonds is 7. The van der Waals surface area contributed by atoms with Crippen molar-refractivity contribution in [3.63, 3.8) is 0 Å². The number of pyridine rings is 1. The van der Waals surface area contributed by atoms with Crippen molar-refractivity contribution in [2.75, 3.05) is 11.9 Å². The van der Waals surface area contributed by atoms with Gasteiger partial charge in [0, 0.05) is 36.1 Å². The van der Waals surface area contributed by atoms with E-state index in [0.717, 1.165) is 0 Å². The molecule has 3 aromatic rings. The van der Waals surface area contributed by atoms with E-state index in [1.165, 1.54) is 18.6 Å². The molecule has 0 radical (unpaired) electrons. The summed E-state index contributed by atoms with van der Waals surface area (Å²) in [5, 5.41) is 20.3. The van der Waals surface area contributed by atoms with Crippen LogP contribution in [0.15, 0.2) is 36.9 Å². The molecule has 0 aliphatic heterocycles. The van der Waals surface area contributed by atoms with Crippen molar-refractivity contribution in [1.82, 2.24) is 19.9 Å². The second-order valence-corrected chi connectivity index (χ2v) is 7.96. The van der Waals surface area contributed by atoms with Gasteiger partial charge in [0.1, 0.15) is 5.82 Å². The number of hydrogen-bond donors (Lipinski definition) is 3. The fourth-order valence-corrected chi connectivity index (χ4v) is 3.00. The Morgan fingerprint density at radius 1 is 1.34 bits per heavy atom. The topological polar surface area (TPSA) is 91.5 Å². The van der Waals surface area contributed by atoms with E-state index in [-0.39, 0.29) is 11.9 Å². The van der Waals surface area contributed by atoms with Crippen LogP contribution in [-0.2, 0) is 0 Å². The molecule has 3 rings (SSSR count). The molecule has 0 fully saturated rings. The number of hydrogen-bond acceptors (Lipinski definition) is 5. The fourth-order valence-electron chi connectivity index (χ4n) is 3.00. The van der Waals surface area contributed by atoms with E-state index in [0.29, 0.717) is 40.9 Å². The molecule has 29 heavy (non-hydrogen) atoms. The standard InChI is InChI=1S/C21H26FN5O2/c1-13(2)26-19-16(20(28)24-8-6-21(3,4)29)10-25-27-12-14(9-18(19)27)15-5-7-23-11-17(15)22/h5,7,9-13,26,29H,6,8H2,1-4H3,(H,24,28). The van der Waals surface area contributed by atoms with Gasteiger partial charge in [-0.1, -0.05) is 0 Å². The maximum absolute atomic E-state index is 14.2. The van der Waals surface area contributed by atoms with E-state index < -0.39 is 11.4 Å². The molecule has 1 amide bonds. The zero-order valence-electron chi connectivity index (χ0n) is 17.0. The van der Waals surface area contributed by atoms with Crippen LogP contribution in [0.1, 0.15) is 44.5 Å². The predicted octanol–water partition coefficient (Wildman–Crippen LogP) is 3.25. The van der Waals surface area contributed by atoms with E-state index in [4.69, 9.17) is 0 Å². The lowest BCUT2D eigenvalue weighted by Gasteiger charge is -2.18. The monoisotopic (exact) mass is 399 g/mol. The van der Waals surface area contributed by atoms with Crippen molar-refractivity contribution in [3.05, 3.63) is 48.3 Å². The Hall–Kier alpha value is -3.00. The molecule has 0 bridgehead atoms. The van der Waals surface area contributed by atoms with Gasteiger partial charge < -0.3 is 15.7 Å². The summed E-state index contributed by atoms with van der Waals surface area (Å²) in [4.78, 5) is 16.5. The molecule has 3 aromatic heterocycles. The van der Waals surface area contributed by atoms with Crippen LogP contribution >= 0.6 is 0 Å². The van der Waals surface area contributed by atoms with Gasteiger partial charge in [-0.25, -0.2) is 8.91 Å². The zero-order valence-corrected chi connectivity index (χ0v) is 17.0. The minimum Gasteiger partial charge on any atom is -0.390 e. The summed E-state index contributed by atoms with van der Waals surface area (Å²) in [5.74, 6) is -0.711. The minimum atomic E-state index is -0.862. The van der Waals surface area contributed by atoms with Crippen LogP contribution < -0.4 is 10.6 Å². The van der Waals surface area contributed by atoms with Gasteiger partial charge in [-0.2, -0.15) is 5.10 Å². The zero-order chi connectivity index (χ0) is 21.2. The molecule has 3 heterocycles. The highest BCUT2D eigenvalue weighted by Gasteiger charge is 2.19. The lowest BCUT2D eigenvalue weighted by atomic mass is 10.1. The molecule has 0 aliphatic rings. The Bertz CT molecular complexity index is 1020. The largest absolute Gasteiger partial charge is 0.390 e. The maximum Gasteiger partial charge on any atom is 0.255 e.